The van der Waals surface area contributed by atoms with Gasteiger partial charge in [0, 0.05) is 36.5 Å². The highest BCUT2D eigenvalue weighted by Crippen LogP contribution is 2.36. The zero-order chi connectivity index (χ0) is 21.6. The van der Waals surface area contributed by atoms with Crippen molar-refractivity contribution in [2.75, 3.05) is 43.1 Å². The number of halogens is 1. The number of fused-ring (bicyclic) bond motifs is 1. The van der Waals surface area contributed by atoms with Gasteiger partial charge in [0.05, 0.1) is 12.3 Å². The van der Waals surface area contributed by atoms with Crippen LogP contribution in [-0.2, 0) is 4.79 Å². The molecule has 1 aromatic heterocycles. The summed E-state index contributed by atoms with van der Waals surface area (Å²) < 4.78 is 5.61. The molecule has 0 radical (unpaired) electrons. The molecule has 7 nitrogen and oxygen atoms in total. The standard InChI is InChI=1S/C23H23ClN4O3/c24-18-2-1-3-19(14-18)27-22-13-17(6-7-26-22)16-4-5-21-20(12-16)28(23(30)15-31-21)10-8-25-9-11-29/h1-7,12-14,25,29H,8-11,15H2,(H,26,27). The molecule has 0 aliphatic carbocycles. The van der Waals surface area contributed by atoms with Crippen molar-refractivity contribution >= 4 is 34.7 Å². The fourth-order valence-electron chi connectivity index (χ4n) is 3.41. The molecule has 4 rings (SSSR count). The van der Waals surface area contributed by atoms with E-state index < -0.39 is 0 Å². The summed E-state index contributed by atoms with van der Waals surface area (Å²) in [5.74, 6) is 1.28. The fraction of sp³-hybridized carbons (Fsp3) is 0.217. The number of ether oxygens (including phenoxy) is 1. The molecule has 3 aromatic rings. The second-order valence-corrected chi connectivity index (χ2v) is 7.49. The molecule has 0 spiro atoms. The van der Waals surface area contributed by atoms with E-state index in [1.165, 1.54) is 0 Å². The maximum absolute atomic E-state index is 12.4. The number of anilines is 3. The Bertz CT molecular complexity index is 1080. The fourth-order valence-corrected chi connectivity index (χ4v) is 3.60. The van der Waals surface area contributed by atoms with Crippen molar-refractivity contribution in [2.45, 2.75) is 0 Å². The van der Waals surface area contributed by atoms with Crippen LogP contribution in [0, 0.1) is 0 Å². The van der Waals surface area contributed by atoms with Crippen molar-refractivity contribution in [2.24, 2.45) is 0 Å². The average molecular weight is 439 g/mol. The molecule has 2 aromatic carbocycles. The number of aliphatic hydroxyl groups excluding tert-OH is 1. The van der Waals surface area contributed by atoms with E-state index in [-0.39, 0.29) is 19.1 Å². The summed E-state index contributed by atoms with van der Waals surface area (Å²) in [6, 6.07) is 17.1. The molecule has 0 unspecified atom stereocenters. The van der Waals surface area contributed by atoms with Crippen molar-refractivity contribution in [1.82, 2.24) is 10.3 Å². The molecule has 0 bridgehead atoms. The van der Waals surface area contributed by atoms with E-state index in [1.807, 2.05) is 54.6 Å². The first-order valence-corrected chi connectivity index (χ1v) is 10.4. The largest absolute Gasteiger partial charge is 0.482 e. The highest BCUT2D eigenvalue weighted by molar-refractivity contribution is 6.30. The zero-order valence-electron chi connectivity index (χ0n) is 16.8. The molecule has 0 atom stereocenters. The molecular weight excluding hydrogens is 416 g/mol. The Morgan fingerprint density at radius 3 is 2.81 bits per heavy atom. The molecule has 160 valence electrons. The Labute approximate surface area is 185 Å². The summed E-state index contributed by atoms with van der Waals surface area (Å²) in [4.78, 5) is 18.6. The Kier molecular flexibility index (Phi) is 6.66. The first-order chi connectivity index (χ1) is 15.1. The van der Waals surface area contributed by atoms with E-state index in [9.17, 15) is 4.79 Å². The van der Waals surface area contributed by atoms with Crippen LogP contribution in [0.5, 0.6) is 5.75 Å². The van der Waals surface area contributed by atoms with Crippen LogP contribution in [0.1, 0.15) is 0 Å². The van der Waals surface area contributed by atoms with Crippen molar-refractivity contribution < 1.29 is 14.6 Å². The number of amides is 1. The Balaban J connectivity index is 1.58. The highest BCUT2D eigenvalue weighted by atomic mass is 35.5. The third-order valence-electron chi connectivity index (χ3n) is 4.89. The number of hydrogen-bond acceptors (Lipinski definition) is 6. The van der Waals surface area contributed by atoms with Gasteiger partial charge < -0.3 is 25.4 Å². The van der Waals surface area contributed by atoms with Gasteiger partial charge >= 0.3 is 0 Å². The van der Waals surface area contributed by atoms with Crippen LogP contribution in [-0.4, -0.2) is 48.8 Å². The normalized spacial score (nSPS) is 13.0. The number of carbonyl (C=O) groups is 1. The van der Waals surface area contributed by atoms with E-state index in [0.717, 1.165) is 22.5 Å². The summed E-state index contributed by atoms with van der Waals surface area (Å²) in [6.07, 6.45) is 1.74. The van der Waals surface area contributed by atoms with Crippen molar-refractivity contribution in [3.63, 3.8) is 0 Å². The van der Waals surface area contributed by atoms with Crippen molar-refractivity contribution in [3.8, 4) is 16.9 Å². The van der Waals surface area contributed by atoms with Crippen LogP contribution in [0.4, 0.5) is 17.2 Å². The SMILES string of the molecule is O=C1COc2ccc(-c3ccnc(Nc4cccc(Cl)c4)c3)cc2N1CCNCCO. The number of carbonyl (C=O) groups excluding carboxylic acids is 1. The number of benzene rings is 2. The summed E-state index contributed by atoms with van der Waals surface area (Å²) in [6.45, 7) is 1.65. The number of nitrogens with zero attached hydrogens (tertiary/aromatic N) is 2. The molecule has 1 aliphatic rings. The first-order valence-electron chi connectivity index (χ1n) is 10.0. The molecule has 0 saturated carbocycles. The minimum atomic E-state index is -0.0894. The first kappa shape index (κ1) is 21.1. The topological polar surface area (TPSA) is 86.7 Å². The summed E-state index contributed by atoms with van der Waals surface area (Å²) in [5.41, 5.74) is 3.49. The van der Waals surface area contributed by atoms with Crippen LogP contribution in [0.15, 0.2) is 60.8 Å². The van der Waals surface area contributed by atoms with Crippen LogP contribution < -0.4 is 20.3 Å². The monoisotopic (exact) mass is 438 g/mol. The lowest BCUT2D eigenvalue weighted by Gasteiger charge is -2.30. The molecule has 8 heteroatoms. The Morgan fingerprint density at radius 1 is 1.10 bits per heavy atom. The van der Waals surface area contributed by atoms with E-state index in [1.54, 1.807) is 11.1 Å². The molecular formula is C23H23ClN4O3. The van der Waals surface area contributed by atoms with E-state index >= 15 is 0 Å². The lowest BCUT2D eigenvalue weighted by atomic mass is 10.0. The quantitative estimate of drug-likeness (QED) is 0.467. The molecule has 2 heterocycles. The molecule has 31 heavy (non-hydrogen) atoms. The molecule has 3 N–H and O–H groups in total. The van der Waals surface area contributed by atoms with E-state index in [2.05, 4.69) is 15.6 Å². The summed E-state index contributed by atoms with van der Waals surface area (Å²) >= 11 is 6.06. The van der Waals surface area contributed by atoms with Crippen LogP contribution in [0.2, 0.25) is 5.02 Å². The third-order valence-corrected chi connectivity index (χ3v) is 5.13. The summed E-state index contributed by atoms with van der Waals surface area (Å²) in [7, 11) is 0. The van der Waals surface area contributed by atoms with Gasteiger partial charge in [0.2, 0.25) is 0 Å². The van der Waals surface area contributed by atoms with Crippen molar-refractivity contribution in [3.05, 3.63) is 65.8 Å². The predicted octanol–water partition coefficient (Wildman–Crippen LogP) is 3.45. The van der Waals surface area contributed by atoms with Gasteiger partial charge in [-0.3, -0.25) is 4.79 Å². The van der Waals surface area contributed by atoms with Crippen LogP contribution in [0.25, 0.3) is 11.1 Å². The minimum Gasteiger partial charge on any atom is -0.482 e. The number of pyridine rings is 1. The molecule has 1 aliphatic heterocycles. The maximum atomic E-state index is 12.4. The molecule has 0 saturated heterocycles. The number of hydrogen-bond donors (Lipinski definition) is 3. The van der Waals surface area contributed by atoms with Crippen LogP contribution in [0.3, 0.4) is 0 Å². The zero-order valence-corrected chi connectivity index (χ0v) is 17.6. The van der Waals surface area contributed by atoms with Gasteiger partial charge in [-0.25, -0.2) is 4.98 Å². The lowest BCUT2D eigenvalue weighted by Crippen LogP contribution is -2.42. The van der Waals surface area contributed by atoms with Gasteiger partial charge in [0.1, 0.15) is 11.6 Å². The predicted molar refractivity (Wildman–Crippen MR) is 122 cm³/mol. The maximum Gasteiger partial charge on any atom is 0.265 e. The molecule has 1 amide bonds. The van der Waals surface area contributed by atoms with Gasteiger partial charge in [-0.1, -0.05) is 23.7 Å². The lowest BCUT2D eigenvalue weighted by molar-refractivity contribution is -0.121. The van der Waals surface area contributed by atoms with E-state index in [4.69, 9.17) is 21.4 Å². The van der Waals surface area contributed by atoms with Crippen molar-refractivity contribution in [1.29, 1.82) is 0 Å². The second-order valence-electron chi connectivity index (χ2n) is 7.06. The number of nitrogens with one attached hydrogen (secondary N) is 2. The molecule has 0 fully saturated rings. The Hall–Kier alpha value is -3.13. The van der Waals surface area contributed by atoms with Gasteiger partial charge in [0.25, 0.3) is 5.91 Å². The van der Waals surface area contributed by atoms with E-state index in [0.29, 0.717) is 36.2 Å². The van der Waals surface area contributed by atoms with Gasteiger partial charge in [0.15, 0.2) is 6.61 Å². The van der Waals surface area contributed by atoms with Crippen LogP contribution >= 0.6 is 11.6 Å². The number of rotatable bonds is 8. The highest BCUT2D eigenvalue weighted by Gasteiger charge is 2.25. The average Bonchev–Trinajstić information content (AvgIpc) is 2.78. The van der Waals surface area contributed by atoms with Gasteiger partial charge in [-0.05, 0) is 53.6 Å². The van der Waals surface area contributed by atoms with Gasteiger partial charge in [-0.15, -0.1) is 0 Å². The minimum absolute atomic E-state index is 0.0231. The Morgan fingerprint density at radius 2 is 1.97 bits per heavy atom. The number of aliphatic hydroxyl groups is 1. The van der Waals surface area contributed by atoms with Gasteiger partial charge in [-0.2, -0.15) is 0 Å². The smallest absolute Gasteiger partial charge is 0.265 e. The number of aromatic nitrogens is 1. The summed E-state index contributed by atoms with van der Waals surface area (Å²) in [5, 5.41) is 15.9. The second kappa shape index (κ2) is 9.78. The third kappa shape index (κ3) is 5.14.